The van der Waals surface area contributed by atoms with Crippen LogP contribution in [-0.4, -0.2) is 0 Å². The zero-order valence-electron chi connectivity index (χ0n) is 9.88. The zero-order valence-corrected chi connectivity index (χ0v) is 10.6. The van der Waals surface area contributed by atoms with Gasteiger partial charge >= 0.3 is 0 Å². The molecular formula is C17H13Cl. The lowest BCUT2D eigenvalue weighted by Gasteiger charge is -2.13. The van der Waals surface area contributed by atoms with Crippen LogP contribution in [0.1, 0.15) is 16.5 Å². The molecule has 0 bridgehead atoms. The van der Waals surface area contributed by atoms with Crippen LogP contribution >= 0.6 is 11.6 Å². The Labute approximate surface area is 112 Å². The predicted octanol–water partition coefficient (Wildman–Crippen LogP) is 5.17. The van der Waals surface area contributed by atoms with Gasteiger partial charge in [-0.1, -0.05) is 72.8 Å². The second-order valence-electron chi connectivity index (χ2n) is 4.34. The maximum absolute atomic E-state index is 6.61. The number of benzene rings is 3. The first kappa shape index (κ1) is 11.3. The summed E-state index contributed by atoms with van der Waals surface area (Å²) in [6.07, 6.45) is 0. The molecule has 0 aliphatic heterocycles. The van der Waals surface area contributed by atoms with Gasteiger partial charge in [0.2, 0.25) is 0 Å². The van der Waals surface area contributed by atoms with Crippen LogP contribution in [0.5, 0.6) is 0 Å². The van der Waals surface area contributed by atoms with Crippen molar-refractivity contribution in [2.75, 3.05) is 0 Å². The molecule has 88 valence electrons. The monoisotopic (exact) mass is 252 g/mol. The molecule has 0 heterocycles. The first-order valence-electron chi connectivity index (χ1n) is 6.03. The minimum atomic E-state index is -0.0997. The summed E-state index contributed by atoms with van der Waals surface area (Å²) in [6.45, 7) is 0. The lowest BCUT2D eigenvalue weighted by atomic mass is 9.98. The van der Waals surface area contributed by atoms with Crippen LogP contribution in [0.3, 0.4) is 0 Å². The molecule has 0 saturated carbocycles. The molecule has 3 aromatic carbocycles. The van der Waals surface area contributed by atoms with Crippen LogP contribution in [0.4, 0.5) is 0 Å². The number of rotatable bonds is 2. The lowest BCUT2D eigenvalue weighted by molar-refractivity contribution is 1.16. The topological polar surface area (TPSA) is 0 Å². The van der Waals surface area contributed by atoms with E-state index in [1.165, 1.54) is 16.3 Å². The van der Waals surface area contributed by atoms with Gasteiger partial charge < -0.3 is 0 Å². The van der Waals surface area contributed by atoms with E-state index in [-0.39, 0.29) is 5.38 Å². The average molecular weight is 253 g/mol. The maximum Gasteiger partial charge on any atom is 0.0841 e. The van der Waals surface area contributed by atoms with E-state index in [4.69, 9.17) is 11.6 Å². The molecule has 0 N–H and O–H groups in total. The van der Waals surface area contributed by atoms with Crippen LogP contribution in [0.25, 0.3) is 10.8 Å². The molecule has 0 unspecified atom stereocenters. The molecule has 0 spiro atoms. The number of fused-ring (bicyclic) bond motifs is 1. The quantitative estimate of drug-likeness (QED) is 0.552. The first-order chi connectivity index (χ1) is 8.86. The molecule has 3 rings (SSSR count). The highest BCUT2D eigenvalue weighted by Crippen LogP contribution is 2.33. The molecule has 1 atom stereocenters. The van der Waals surface area contributed by atoms with Crippen molar-refractivity contribution in [1.29, 1.82) is 0 Å². The molecule has 0 aromatic heterocycles. The Kier molecular flexibility index (Phi) is 3.04. The van der Waals surface area contributed by atoms with E-state index in [9.17, 15) is 0 Å². The van der Waals surface area contributed by atoms with E-state index in [2.05, 4.69) is 54.6 Å². The third-order valence-electron chi connectivity index (χ3n) is 3.19. The minimum Gasteiger partial charge on any atom is -0.113 e. The lowest BCUT2D eigenvalue weighted by Crippen LogP contribution is -1.94. The third kappa shape index (κ3) is 2.00. The molecule has 0 radical (unpaired) electrons. The van der Waals surface area contributed by atoms with Crippen molar-refractivity contribution in [3.63, 3.8) is 0 Å². The summed E-state index contributed by atoms with van der Waals surface area (Å²) in [6, 6.07) is 24.8. The number of halogens is 1. The number of hydrogen-bond donors (Lipinski definition) is 0. The molecule has 0 nitrogen and oxygen atoms in total. The summed E-state index contributed by atoms with van der Waals surface area (Å²) in [7, 11) is 0. The SMILES string of the molecule is Cl[C@@H](c1ccccc1)c1cccc2ccccc12. The van der Waals surface area contributed by atoms with Crippen LogP contribution < -0.4 is 0 Å². The Bertz CT molecular complexity index is 653. The van der Waals surface area contributed by atoms with Gasteiger partial charge in [0, 0.05) is 0 Å². The Morgan fingerprint density at radius 1 is 0.667 bits per heavy atom. The molecule has 0 amide bonds. The highest BCUT2D eigenvalue weighted by molar-refractivity contribution is 6.23. The maximum atomic E-state index is 6.61. The summed E-state index contributed by atoms with van der Waals surface area (Å²) < 4.78 is 0. The number of hydrogen-bond acceptors (Lipinski definition) is 0. The molecule has 0 fully saturated rings. The Morgan fingerprint density at radius 3 is 2.17 bits per heavy atom. The summed E-state index contributed by atoms with van der Waals surface area (Å²) in [4.78, 5) is 0. The Balaban J connectivity index is 2.15. The van der Waals surface area contributed by atoms with Gasteiger partial charge in [0.05, 0.1) is 5.38 Å². The molecule has 0 aliphatic carbocycles. The normalized spacial score (nSPS) is 12.5. The summed E-state index contributed by atoms with van der Waals surface area (Å²) in [5.74, 6) is 0. The zero-order chi connectivity index (χ0) is 12.4. The standard InChI is InChI=1S/C17H13Cl/c18-17(14-8-2-1-3-9-14)16-12-6-10-13-7-4-5-11-15(13)16/h1-12,17H/t17-/m0/s1. The Morgan fingerprint density at radius 2 is 1.33 bits per heavy atom. The van der Waals surface area contributed by atoms with Crippen molar-refractivity contribution in [2.24, 2.45) is 0 Å². The molecule has 1 heteroatoms. The molecule has 3 aromatic rings. The van der Waals surface area contributed by atoms with Crippen LogP contribution in [0.2, 0.25) is 0 Å². The van der Waals surface area contributed by atoms with Gasteiger partial charge in [0.25, 0.3) is 0 Å². The largest absolute Gasteiger partial charge is 0.113 e. The first-order valence-corrected chi connectivity index (χ1v) is 6.46. The highest BCUT2D eigenvalue weighted by atomic mass is 35.5. The third-order valence-corrected chi connectivity index (χ3v) is 3.68. The fourth-order valence-electron chi connectivity index (χ4n) is 2.27. The van der Waals surface area contributed by atoms with Gasteiger partial charge in [-0.15, -0.1) is 11.6 Å². The van der Waals surface area contributed by atoms with Crippen molar-refractivity contribution in [3.8, 4) is 0 Å². The van der Waals surface area contributed by atoms with E-state index in [1.54, 1.807) is 0 Å². The summed E-state index contributed by atoms with van der Waals surface area (Å²) in [5, 5.41) is 2.36. The summed E-state index contributed by atoms with van der Waals surface area (Å²) >= 11 is 6.61. The van der Waals surface area contributed by atoms with Crippen molar-refractivity contribution in [3.05, 3.63) is 83.9 Å². The van der Waals surface area contributed by atoms with E-state index in [1.807, 2.05) is 18.2 Å². The minimum absolute atomic E-state index is 0.0997. The molecule has 0 saturated heterocycles. The van der Waals surface area contributed by atoms with Crippen LogP contribution in [0.15, 0.2) is 72.8 Å². The number of alkyl halides is 1. The van der Waals surface area contributed by atoms with E-state index >= 15 is 0 Å². The fourth-order valence-corrected chi connectivity index (χ4v) is 2.61. The van der Waals surface area contributed by atoms with Gasteiger partial charge in [-0.3, -0.25) is 0 Å². The van der Waals surface area contributed by atoms with Gasteiger partial charge in [0.15, 0.2) is 0 Å². The van der Waals surface area contributed by atoms with Gasteiger partial charge in [0.1, 0.15) is 0 Å². The Hall–Kier alpha value is -1.79. The van der Waals surface area contributed by atoms with E-state index < -0.39 is 0 Å². The van der Waals surface area contributed by atoms with E-state index in [0.29, 0.717) is 0 Å². The van der Waals surface area contributed by atoms with E-state index in [0.717, 1.165) is 5.56 Å². The van der Waals surface area contributed by atoms with Crippen molar-refractivity contribution in [1.82, 2.24) is 0 Å². The highest BCUT2D eigenvalue weighted by Gasteiger charge is 2.12. The molecular weight excluding hydrogens is 240 g/mol. The van der Waals surface area contributed by atoms with Gasteiger partial charge in [-0.25, -0.2) is 0 Å². The van der Waals surface area contributed by atoms with Crippen molar-refractivity contribution < 1.29 is 0 Å². The van der Waals surface area contributed by atoms with Crippen molar-refractivity contribution >= 4 is 22.4 Å². The molecule has 0 aliphatic rings. The van der Waals surface area contributed by atoms with Gasteiger partial charge in [-0.05, 0) is 21.9 Å². The van der Waals surface area contributed by atoms with Crippen LogP contribution in [0, 0.1) is 0 Å². The predicted molar refractivity (Wildman–Crippen MR) is 78.1 cm³/mol. The molecule has 18 heavy (non-hydrogen) atoms. The van der Waals surface area contributed by atoms with Crippen molar-refractivity contribution in [2.45, 2.75) is 5.38 Å². The smallest absolute Gasteiger partial charge is 0.0841 e. The second kappa shape index (κ2) is 4.83. The second-order valence-corrected chi connectivity index (χ2v) is 4.78. The summed E-state index contributed by atoms with van der Waals surface area (Å²) in [5.41, 5.74) is 2.30. The van der Waals surface area contributed by atoms with Gasteiger partial charge in [-0.2, -0.15) is 0 Å². The van der Waals surface area contributed by atoms with Crippen LogP contribution in [-0.2, 0) is 0 Å². The fraction of sp³-hybridized carbons (Fsp3) is 0.0588. The average Bonchev–Trinajstić information content (AvgIpc) is 2.47.